The molecule has 3 aliphatic rings. The maximum absolute atomic E-state index is 14.7. The van der Waals surface area contributed by atoms with Crippen LogP contribution >= 0.6 is 15.9 Å². The Morgan fingerprint density at radius 1 is 0.902 bits per heavy atom. The third-order valence-electron chi connectivity index (χ3n) is 8.54. The highest BCUT2D eigenvalue weighted by Gasteiger charge is 2.73. The molecule has 202 valence electrons. The van der Waals surface area contributed by atoms with Gasteiger partial charge in [0.1, 0.15) is 23.0 Å². The summed E-state index contributed by atoms with van der Waals surface area (Å²) in [5.41, 5.74) is 1.03. The summed E-state index contributed by atoms with van der Waals surface area (Å²) in [6, 6.07) is 23.9. The lowest BCUT2D eigenvalue weighted by Gasteiger charge is -2.36. The van der Waals surface area contributed by atoms with Gasteiger partial charge in [-0.25, -0.2) is 0 Å². The van der Waals surface area contributed by atoms with Crippen molar-refractivity contribution in [1.29, 1.82) is 0 Å². The number of carbonyl (C=O) groups excluding carboxylic acids is 3. The molecule has 1 fully saturated rings. The maximum atomic E-state index is 14.7. The Morgan fingerprint density at radius 2 is 1.56 bits per heavy atom. The molecule has 2 heterocycles. The molecule has 0 radical (unpaired) electrons. The van der Waals surface area contributed by atoms with Gasteiger partial charge in [-0.1, -0.05) is 64.5 Å². The number of phenols is 1. The number of methoxy groups -OCH3 is 1. The molecule has 1 N–H and O–H groups in total. The van der Waals surface area contributed by atoms with Gasteiger partial charge in [0.2, 0.25) is 0 Å². The number of carbonyl (C=O) groups is 3. The van der Waals surface area contributed by atoms with Crippen LogP contribution in [-0.4, -0.2) is 46.8 Å². The van der Waals surface area contributed by atoms with Crippen molar-refractivity contribution >= 4 is 39.5 Å². The summed E-state index contributed by atoms with van der Waals surface area (Å²) in [6.45, 7) is 0. The summed E-state index contributed by atoms with van der Waals surface area (Å²) in [5.74, 6) is -1.67. The van der Waals surface area contributed by atoms with Gasteiger partial charge in [0.05, 0.1) is 19.4 Å². The van der Waals surface area contributed by atoms with Crippen LogP contribution in [0, 0.1) is 5.41 Å². The molecule has 0 aromatic heterocycles. The first-order valence-electron chi connectivity index (χ1n) is 13.1. The van der Waals surface area contributed by atoms with Crippen molar-refractivity contribution in [3.63, 3.8) is 0 Å². The van der Waals surface area contributed by atoms with E-state index in [2.05, 4.69) is 15.9 Å². The molecule has 4 aromatic carbocycles. The van der Waals surface area contributed by atoms with Crippen LogP contribution in [0.3, 0.4) is 0 Å². The quantitative estimate of drug-likeness (QED) is 0.227. The number of ether oxygens (including phenoxy) is 1. The predicted molar refractivity (Wildman–Crippen MR) is 156 cm³/mol. The number of aromatic hydroxyl groups is 1. The van der Waals surface area contributed by atoms with Gasteiger partial charge in [-0.2, -0.15) is 5.10 Å². The number of phenolic OH excluding ortho intramolecular Hbond substituents is 1. The number of nitrogens with zero attached hydrogens (tertiary/aromatic N) is 2. The number of hydrazone groups is 1. The zero-order valence-electron chi connectivity index (χ0n) is 21.8. The Bertz CT molecular complexity index is 1760. The van der Waals surface area contributed by atoms with Crippen molar-refractivity contribution in [3.05, 3.63) is 129 Å². The normalized spacial score (nSPS) is 21.5. The molecular weight excluding hydrogens is 584 g/mol. The molecule has 7 rings (SSSR count). The Balaban J connectivity index is 1.55. The number of benzene rings is 4. The lowest BCUT2D eigenvalue weighted by molar-refractivity contribution is 0.0585. The first kappa shape index (κ1) is 25.4. The molecule has 8 heteroatoms. The van der Waals surface area contributed by atoms with Gasteiger partial charge in [0.15, 0.2) is 17.3 Å². The third kappa shape index (κ3) is 3.43. The summed E-state index contributed by atoms with van der Waals surface area (Å²) >= 11 is 3.50. The van der Waals surface area contributed by atoms with Crippen LogP contribution < -0.4 is 4.74 Å². The van der Waals surface area contributed by atoms with Crippen LogP contribution in [0.1, 0.15) is 59.7 Å². The highest BCUT2D eigenvalue weighted by Crippen LogP contribution is 2.65. The van der Waals surface area contributed by atoms with Crippen LogP contribution in [0.15, 0.2) is 101 Å². The number of Topliss-reactive ketones (excluding diaryl/α,β-unsaturated/α-hetero) is 3. The van der Waals surface area contributed by atoms with E-state index in [0.29, 0.717) is 32.5 Å². The molecule has 3 atom stereocenters. The minimum atomic E-state index is -1.76. The molecule has 4 aromatic rings. The molecule has 7 nitrogen and oxygen atoms in total. The minimum Gasteiger partial charge on any atom is -0.508 e. The highest BCUT2D eigenvalue weighted by atomic mass is 79.9. The number of halogens is 1. The van der Waals surface area contributed by atoms with E-state index in [1.165, 1.54) is 6.07 Å². The molecule has 0 bridgehead atoms. The molecule has 1 saturated heterocycles. The largest absolute Gasteiger partial charge is 0.508 e. The molecule has 2 aliphatic heterocycles. The second kappa shape index (κ2) is 9.24. The standard InChI is InChI=1S/C33H23BrN2O5/c1-41-21-13-10-18(11-14-21)29(38)28-27(25-16-20(34)12-15-26(25)37)33(31(39)23-8-4-5-9-24(23)32(33)40)30-22-7-3-2-6-19(22)17-35-36(28)30/h2-17,27-28,30,37H,1H3/t27-,28-,30+/m0/s1. The lowest BCUT2D eigenvalue weighted by Crippen LogP contribution is -2.43. The van der Waals surface area contributed by atoms with Crippen molar-refractivity contribution in [2.45, 2.75) is 18.0 Å². The molecule has 0 saturated carbocycles. The van der Waals surface area contributed by atoms with Gasteiger partial charge in [-0.05, 0) is 53.6 Å². The van der Waals surface area contributed by atoms with Gasteiger partial charge in [-0.15, -0.1) is 0 Å². The van der Waals surface area contributed by atoms with Crippen molar-refractivity contribution in [3.8, 4) is 11.5 Å². The SMILES string of the molecule is COc1ccc(C(=O)[C@@H]2[C@H](c3cc(Br)ccc3O)C3(C(=O)c4ccccc4C3=O)[C@H]3c4ccccc4C=NN23)cc1. The van der Waals surface area contributed by atoms with Gasteiger partial charge < -0.3 is 9.84 Å². The van der Waals surface area contributed by atoms with Crippen molar-refractivity contribution in [2.24, 2.45) is 10.5 Å². The average molecular weight is 607 g/mol. The number of hydrogen-bond donors (Lipinski definition) is 1. The summed E-state index contributed by atoms with van der Waals surface area (Å²) in [4.78, 5) is 44.0. The Hall–Kier alpha value is -4.56. The molecule has 0 amide bonds. The van der Waals surface area contributed by atoms with Gasteiger partial charge in [-0.3, -0.25) is 19.4 Å². The summed E-state index contributed by atoms with van der Waals surface area (Å²) in [6.07, 6.45) is 1.66. The van der Waals surface area contributed by atoms with Crippen LogP contribution in [0.2, 0.25) is 0 Å². The molecule has 41 heavy (non-hydrogen) atoms. The molecule has 1 aliphatic carbocycles. The third-order valence-corrected chi connectivity index (χ3v) is 9.04. The highest BCUT2D eigenvalue weighted by molar-refractivity contribution is 9.10. The van der Waals surface area contributed by atoms with Crippen LogP contribution in [0.4, 0.5) is 0 Å². The Labute approximate surface area is 244 Å². The summed E-state index contributed by atoms with van der Waals surface area (Å²) in [7, 11) is 1.54. The maximum Gasteiger partial charge on any atom is 0.187 e. The summed E-state index contributed by atoms with van der Waals surface area (Å²) < 4.78 is 5.93. The average Bonchev–Trinajstić information content (AvgIpc) is 3.44. The predicted octanol–water partition coefficient (Wildman–Crippen LogP) is 5.97. The van der Waals surface area contributed by atoms with E-state index in [4.69, 9.17) is 9.84 Å². The van der Waals surface area contributed by atoms with Crippen LogP contribution in [0.25, 0.3) is 0 Å². The van der Waals surface area contributed by atoms with E-state index in [1.54, 1.807) is 79.0 Å². The van der Waals surface area contributed by atoms with E-state index in [1.807, 2.05) is 24.3 Å². The monoisotopic (exact) mass is 606 g/mol. The fourth-order valence-electron chi connectivity index (χ4n) is 6.82. The van der Waals surface area contributed by atoms with Gasteiger partial charge in [0, 0.05) is 32.6 Å². The minimum absolute atomic E-state index is 0.112. The van der Waals surface area contributed by atoms with Crippen LogP contribution in [-0.2, 0) is 0 Å². The second-order valence-corrected chi connectivity index (χ2v) is 11.4. The molecule has 0 unspecified atom stereocenters. The zero-order valence-corrected chi connectivity index (χ0v) is 23.4. The number of fused-ring (bicyclic) bond motifs is 5. The lowest BCUT2D eigenvalue weighted by atomic mass is 9.62. The van der Waals surface area contributed by atoms with E-state index >= 15 is 0 Å². The summed E-state index contributed by atoms with van der Waals surface area (Å²) in [5, 5.41) is 17.6. The number of rotatable bonds is 4. The fourth-order valence-corrected chi connectivity index (χ4v) is 7.20. The van der Waals surface area contributed by atoms with Crippen molar-refractivity contribution in [2.75, 3.05) is 7.11 Å². The van der Waals surface area contributed by atoms with E-state index < -0.39 is 23.4 Å². The second-order valence-electron chi connectivity index (χ2n) is 10.4. The first-order valence-corrected chi connectivity index (χ1v) is 13.9. The van der Waals surface area contributed by atoms with E-state index in [9.17, 15) is 19.5 Å². The van der Waals surface area contributed by atoms with Crippen LogP contribution in [0.5, 0.6) is 11.5 Å². The first-order chi connectivity index (χ1) is 19.9. The van der Waals surface area contributed by atoms with Gasteiger partial charge in [0.25, 0.3) is 0 Å². The van der Waals surface area contributed by atoms with E-state index in [-0.39, 0.29) is 23.1 Å². The molecular formula is C33H23BrN2O5. The smallest absolute Gasteiger partial charge is 0.187 e. The van der Waals surface area contributed by atoms with Gasteiger partial charge >= 0.3 is 0 Å². The fraction of sp³-hybridized carbons (Fsp3) is 0.152. The van der Waals surface area contributed by atoms with Crippen molar-refractivity contribution in [1.82, 2.24) is 5.01 Å². The molecule has 1 spiro atoms. The zero-order chi connectivity index (χ0) is 28.5. The Kier molecular flexibility index (Phi) is 5.73. The number of ketones is 3. The number of hydrogen-bond acceptors (Lipinski definition) is 7. The van der Waals surface area contributed by atoms with Crippen molar-refractivity contribution < 1.29 is 24.2 Å². The Morgan fingerprint density at radius 3 is 2.24 bits per heavy atom. The van der Waals surface area contributed by atoms with E-state index in [0.717, 1.165) is 11.1 Å². The topological polar surface area (TPSA) is 96.3 Å².